The number of carbonyl (C=O) groups is 2. The number of carbonyl (C=O) groups excluding carboxylic acids is 2. The number of halogens is 1. The maximum absolute atomic E-state index is 12.3. The summed E-state index contributed by atoms with van der Waals surface area (Å²) in [5.41, 5.74) is 0.598. The molecule has 7 heteroatoms. The van der Waals surface area contributed by atoms with Crippen LogP contribution in [0.3, 0.4) is 0 Å². The van der Waals surface area contributed by atoms with Crippen molar-refractivity contribution in [1.82, 2.24) is 14.8 Å². The Hall–Kier alpha value is -1.47. The lowest BCUT2D eigenvalue weighted by Gasteiger charge is -2.34. The van der Waals surface area contributed by atoms with Crippen molar-refractivity contribution < 1.29 is 14.3 Å². The predicted octanol–water partition coefficient (Wildman–Crippen LogP) is 1.16. The number of methoxy groups -OCH3 is 1. The summed E-state index contributed by atoms with van der Waals surface area (Å²) in [6.45, 7) is 3.54. The van der Waals surface area contributed by atoms with E-state index >= 15 is 0 Å². The molecule has 1 amide bonds. The topological polar surface area (TPSA) is 62.7 Å². The van der Waals surface area contributed by atoms with E-state index in [4.69, 9.17) is 0 Å². The smallest absolute Gasteiger partial charge is 0.306 e. The summed E-state index contributed by atoms with van der Waals surface area (Å²) < 4.78 is 5.34. The minimum Gasteiger partial charge on any atom is -0.469 e. The molecule has 2 heterocycles. The van der Waals surface area contributed by atoms with E-state index in [0.717, 1.165) is 13.1 Å². The lowest BCUT2D eigenvalue weighted by molar-refractivity contribution is -0.141. The fourth-order valence-corrected chi connectivity index (χ4v) is 2.45. The van der Waals surface area contributed by atoms with Crippen LogP contribution in [-0.4, -0.2) is 66.5 Å². The van der Waals surface area contributed by atoms with Gasteiger partial charge >= 0.3 is 5.97 Å². The quantitative estimate of drug-likeness (QED) is 0.599. The summed E-state index contributed by atoms with van der Waals surface area (Å²) in [6.07, 6.45) is 1.97. The molecule has 114 valence electrons. The lowest BCUT2D eigenvalue weighted by atomic mass is 10.2. The molecule has 0 radical (unpaired) electrons. The van der Waals surface area contributed by atoms with Crippen LogP contribution >= 0.6 is 15.9 Å². The summed E-state index contributed by atoms with van der Waals surface area (Å²) in [4.78, 5) is 31.5. The zero-order valence-corrected chi connectivity index (χ0v) is 13.5. The highest BCUT2D eigenvalue weighted by Crippen LogP contribution is 2.11. The van der Waals surface area contributed by atoms with E-state index in [1.165, 1.54) is 7.11 Å². The van der Waals surface area contributed by atoms with E-state index in [1.54, 1.807) is 18.3 Å². The summed E-state index contributed by atoms with van der Waals surface area (Å²) in [5.74, 6) is -0.197. The number of esters is 1. The van der Waals surface area contributed by atoms with Crippen molar-refractivity contribution in [2.45, 2.75) is 6.42 Å². The molecule has 0 aromatic carbocycles. The van der Waals surface area contributed by atoms with Crippen molar-refractivity contribution in [3.05, 3.63) is 28.5 Å². The zero-order valence-electron chi connectivity index (χ0n) is 11.9. The van der Waals surface area contributed by atoms with E-state index in [0.29, 0.717) is 36.2 Å². The molecule has 1 saturated heterocycles. The van der Waals surface area contributed by atoms with Gasteiger partial charge in [0.25, 0.3) is 5.91 Å². The first-order chi connectivity index (χ1) is 10.1. The molecule has 1 aromatic heterocycles. The van der Waals surface area contributed by atoms with E-state index in [2.05, 4.69) is 30.6 Å². The molecule has 0 bridgehead atoms. The summed E-state index contributed by atoms with van der Waals surface area (Å²) in [5, 5.41) is 0. The Balaban J connectivity index is 1.82. The van der Waals surface area contributed by atoms with Crippen LogP contribution < -0.4 is 0 Å². The summed E-state index contributed by atoms with van der Waals surface area (Å²) in [6, 6.07) is 3.53. The van der Waals surface area contributed by atoms with Crippen molar-refractivity contribution in [3.63, 3.8) is 0 Å². The maximum atomic E-state index is 12.3. The number of ether oxygens (including phenoxy) is 1. The highest BCUT2D eigenvalue weighted by Gasteiger charge is 2.22. The van der Waals surface area contributed by atoms with Crippen molar-refractivity contribution in [2.75, 3.05) is 39.8 Å². The molecule has 1 fully saturated rings. The van der Waals surface area contributed by atoms with Gasteiger partial charge in [-0.1, -0.05) is 0 Å². The molecule has 1 aliphatic heterocycles. The Labute approximate surface area is 132 Å². The van der Waals surface area contributed by atoms with Gasteiger partial charge in [0, 0.05) is 38.9 Å². The van der Waals surface area contributed by atoms with E-state index < -0.39 is 0 Å². The molecule has 0 unspecified atom stereocenters. The molecule has 6 nitrogen and oxygen atoms in total. The molecule has 0 saturated carbocycles. The van der Waals surface area contributed by atoms with Crippen LogP contribution in [0.4, 0.5) is 0 Å². The second kappa shape index (κ2) is 7.51. The standard InChI is InChI=1S/C14H18BrN3O3/c1-21-13(19)4-5-17-6-8-18(9-7-17)14(20)11-2-3-12(15)16-10-11/h2-3,10H,4-9H2,1H3. The van der Waals surface area contributed by atoms with Crippen LogP contribution in [0.5, 0.6) is 0 Å². The first-order valence-electron chi connectivity index (χ1n) is 6.80. The lowest BCUT2D eigenvalue weighted by Crippen LogP contribution is -2.49. The highest BCUT2D eigenvalue weighted by atomic mass is 79.9. The number of nitrogens with zero attached hydrogens (tertiary/aromatic N) is 3. The minimum absolute atomic E-state index is 0.00242. The summed E-state index contributed by atoms with van der Waals surface area (Å²) in [7, 11) is 1.39. The molecule has 0 N–H and O–H groups in total. The molecule has 0 spiro atoms. The second-order valence-electron chi connectivity index (χ2n) is 4.83. The van der Waals surface area contributed by atoms with Gasteiger partial charge in [-0.05, 0) is 28.1 Å². The van der Waals surface area contributed by atoms with E-state index in [9.17, 15) is 9.59 Å². The average Bonchev–Trinajstić information content (AvgIpc) is 2.53. The second-order valence-corrected chi connectivity index (χ2v) is 5.64. The van der Waals surface area contributed by atoms with Crippen molar-refractivity contribution in [1.29, 1.82) is 0 Å². The molecular weight excluding hydrogens is 338 g/mol. The van der Waals surface area contributed by atoms with Gasteiger partial charge in [-0.15, -0.1) is 0 Å². The van der Waals surface area contributed by atoms with Gasteiger partial charge in [0.1, 0.15) is 4.60 Å². The first-order valence-corrected chi connectivity index (χ1v) is 7.59. The van der Waals surface area contributed by atoms with Crippen LogP contribution in [0, 0.1) is 0 Å². The molecule has 1 aliphatic rings. The fourth-order valence-electron chi connectivity index (χ4n) is 2.21. The zero-order chi connectivity index (χ0) is 15.2. The van der Waals surface area contributed by atoms with Crippen LogP contribution in [0.2, 0.25) is 0 Å². The van der Waals surface area contributed by atoms with Crippen LogP contribution in [0.15, 0.2) is 22.9 Å². The fraction of sp³-hybridized carbons (Fsp3) is 0.500. The number of aromatic nitrogens is 1. The number of rotatable bonds is 4. The van der Waals surface area contributed by atoms with Crippen LogP contribution in [0.25, 0.3) is 0 Å². The molecule has 2 rings (SSSR count). The monoisotopic (exact) mass is 355 g/mol. The maximum Gasteiger partial charge on any atom is 0.306 e. The van der Waals surface area contributed by atoms with Gasteiger partial charge in [0.15, 0.2) is 0 Å². The van der Waals surface area contributed by atoms with E-state index in [1.807, 2.05) is 4.90 Å². The van der Waals surface area contributed by atoms with Gasteiger partial charge < -0.3 is 9.64 Å². The van der Waals surface area contributed by atoms with Gasteiger partial charge in [0.2, 0.25) is 0 Å². The van der Waals surface area contributed by atoms with Gasteiger partial charge in [-0.3, -0.25) is 14.5 Å². The largest absolute Gasteiger partial charge is 0.469 e. The van der Waals surface area contributed by atoms with Crippen molar-refractivity contribution in [2.24, 2.45) is 0 Å². The first kappa shape index (κ1) is 15.9. The summed E-state index contributed by atoms with van der Waals surface area (Å²) >= 11 is 3.25. The number of hydrogen-bond donors (Lipinski definition) is 0. The van der Waals surface area contributed by atoms with Crippen molar-refractivity contribution in [3.8, 4) is 0 Å². The Kier molecular flexibility index (Phi) is 5.69. The Morgan fingerprint density at radius 3 is 2.57 bits per heavy atom. The third-order valence-corrected chi connectivity index (χ3v) is 3.96. The van der Waals surface area contributed by atoms with Crippen molar-refractivity contribution >= 4 is 27.8 Å². The SMILES string of the molecule is COC(=O)CCN1CCN(C(=O)c2ccc(Br)nc2)CC1. The Bertz CT molecular complexity index is 499. The normalized spacial score (nSPS) is 15.8. The predicted molar refractivity (Wildman–Crippen MR) is 80.9 cm³/mol. The number of pyridine rings is 1. The van der Waals surface area contributed by atoms with Gasteiger partial charge in [0.05, 0.1) is 19.1 Å². The van der Waals surface area contributed by atoms with Gasteiger partial charge in [-0.2, -0.15) is 0 Å². The molecular formula is C14H18BrN3O3. The number of hydrogen-bond acceptors (Lipinski definition) is 5. The number of piperazine rings is 1. The van der Waals surface area contributed by atoms with Crippen LogP contribution in [-0.2, 0) is 9.53 Å². The Morgan fingerprint density at radius 2 is 2.00 bits per heavy atom. The molecule has 21 heavy (non-hydrogen) atoms. The third kappa shape index (κ3) is 4.50. The highest BCUT2D eigenvalue weighted by molar-refractivity contribution is 9.10. The van der Waals surface area contributed by atoms with E-state index in [-0.39, 0.29) is 11.9 Å². The molecule has 0 atom stereocenters. The minimum atomic E-state index is -0.200. The third-order valence-electron chi connectivity index (χ3n) is 3.49. The number of amides is 1. The molecule has 1 aromatic rings. The van der Waals surface area contributed by atoms with Crippen LogP contribution in [0.1, 0.15) is 16.8 Å². The van der Waals surface area contributed by atoms with Gasteiger partial charge in [-0.25, -0.2) is 4.98 Å². The molecule has 0 aliphatic carbocycles. The Morgan fingerprint density at radius 1 is 1.29 bits per heavy atom. The average molecular weight is 356 g/mol.